The van der Waals surface area contributed by atoms with Gasteiger partial charge in [-0.2, -0.15) is 0 Å². The average molecular weight is 206 g/mol. The molecule has 2 heteroatoms. The van der Waals surface area contributed by atoms with Crippen molar-refractivity contribution in [1.82, 2.24) is 4.98 Å². The lowest BCUT2D eigenvalue weighted by atomic mass is 10.0. The molecule has 0 aromatic carbocycles. The molecule has 1 aromatic rings. The third-order valence-electron chi connectivity index (χ3n) is 2.60. The Kier molecular flexibility index (Phi) is 5.83. The van der Waals surface area contributed by atoms with Gasteiger partial charge in [-0.15, -0.1) is 0 Å². The molecule has 83 valence electrons. The summed E-state index contributed by atoms with van der Waals surface area (Å²) in [4.78, 5) is 3.90. The zero-order chi connectivity index (χ0) is 10.9. The summed E-state index contributed by atoms with van der Waals surface area (Å²) in [6, 6.07) is 3.78. The molecule has 1 heterocycles. The molecule has 0 aliphatic heterocycles. The van der Waals surface area contributed by atoms with Crippen LogP contribution in [0, 0.1) is 12.1 Å². The third-order valence-corrected chi connectivity index (χ3v) is 2.60. The molecule has 15 heavy (non-hydrogen) atoms. The van der Waals surface area contributed by atoms with E-state index in [1.165, 1.54) is 25.7 Å². The molecule has 0 bridgehead atoms. The topological polar surface area (TPSA) is 22.1 Å². The van der Waals surface area contributed by atoms with Crippen molar-refractivity contribution in [3.63, 3.8) is 0 Å². The van der Waals surface area contributed by atoms with Crippen molar-refractivity contribution in [3.05, 3.63) is 24.5 Å². The van der Waals surface area contributed by atoms with E-state index in [0.717, 1.165) is 12.4 Å². The van der Waals surface area contributed by atoms with Gasteiger partial charge in [0.25, 0.3) is 0 Å². The smallest absolute Gasteiger partial charge is 0.147 e. The zero-order valence-electron chi connectivity index (χ0n) is 9.70. The molecular formula is C13H20NO. The highest BCUT2D eigenvalue weighted by Crippen LogP contribution is 2.15. The maximum Gasteiger partial charge on any atom is 0.147 e. The number of unbranched alkanes of at least 4 members (excludes halogenated alkanes) is 1. The fourth-order valence-corrected chi connectivity index (χ4v) is 1.50. The fraction of sp³-hybridized carbons (Fsp3) is 0.615. The van der Waals surface area contributed by atoms with Gasteiger partial charge in [-0.25, -0.2) is 0 Å². The molecule has 1 radical (unpaired) electrons. The first-order valence-corrected chi connectivity index (χ1v) is 5.82. The third kappa shape index (κ3) is 4.82. The summed E-state index contributed by atoms with van der Waals surface area (Å²) in [7, 11) is 0. The summed E-state index contributed by atoms with van der Waals surface area (Å²) in [5.74, 6) is 1.42. The molecule has 0 aliphatic rings. The molecule has 0 saturated heterocycles. The minimum Gasteiger partial charge on any atom is -0.491 e. The maximum atomic E-state index is 5.64. The van der Waals surface area contributed by atoms with Gasteiger partial charge in [0.15, 0.2) is 0 Å². The van der Waals surface area contributed by atoms with E-state index in [9.17, 15) is 0 Å². The molecule has 1 aromatic heterocycles. The standard InChI is InChI=1S/C13H20NO/c1-3-5-7-12(4-2)11-15-13-8-6-9-14-10-13/h6,8-9,12H,3-5,7,11H2,1-2H3. The summed E-state index contributed by atoms with van der Waals surface area (Å²) >= 11 is 0. The molecule has 1 unspecified atom stereocenters. The molecular weight excluding hydrogens is 186 g/mol. The van der Waals surface area contributed by atoms with Crippen LogP contribution in [0.25, 0.3) is 0 Å². The van der Waals surface area contributed by atoms with E-state index in [1.807, 2.05) is 12.1 Å². The second-order valence-electron chi connectivity index (χ2n) is 3.84. The van der Waals surface area contributed by atoms with Crippen molar-refractivity contribution < 1.29 is 4.74 Å². The van der Waals surface area contributed by atoms with Crippen LogP contribution in [-0.4, -0.2) is 11.6 Å². The van der Waals surface area contributed by atoms with E-state index in [-0.39, 0.29) is 0 Å². The molecule has 0 saturated carbocycles. The fourth-order valence-electron chi connectivity index (χ4n) is 1.50. The number of hydrogen-bond donors (Lipinski definition) is 0. The second kappa shape index (κ2) is 7.27. The SMILES string of the molecule is CCCCC(CC)COc1[c]nccc1. The predicted molar refractivity (Wildman–Crippen MR) is 61.9 cm³/mol. The molecule has 2 nitrogen and oxygen atoms in total. The Hall–Kier alpha value is -1.05. The quantitative estimate of drug-likeness (QED) is 0.681. The summed E-state index contributed by atoms with van der Waals surface area (Å²) in [5, 5.41) is 0. The molecule has 0 amide bonds. The van der Waals surface area contributed by atoms with Crippen LogP contribution in [0.1, 0.15) is 39.5 Å². The first-order valence-electron chi connectivity index (χ1n) is 5.82. The lowest BCUT2D eigenvalue weighted by Gasteiger charge is -2.14. The van der Waals surface area contributed by atoms with Gasteiger partial charge in [0.2, 0.25) is 0 Å². The van der Waals surface area contributed by atoms with Crippen LogP contribution in [0.3, 0.4) is 0 Å². The van der Waals surface area contributed by atoms with Gasteiger partial charge in [-0.3, -0.25) is 4.98 Å². The van der Waals surface area contributed by atoms with Gasteiger partial charge in [0.1, 0.15) is 11.9 Å². The first-order chi connectivity index (χ1) is 7.36. The van der Waals surface area contributed by atoms with Crippen LogP contribution < -0.4 is 4.74 Å². The van der Waals surface area contributed by atoms with Gasteiger partial charge < -0.3 is 4.74 Å². The Bertz CT molecular complexity index is 248. The highest BCUT2D eigenvalue weighted by atomic mass is 16.5. The van der Waals surface area contributed by atoms with E-state index >= 15 is 0 Å². The molecule has 0 spiro atoms. The van der Waals surface area contributed by atoms with Crippen LogP contribution in [0.5, 0.6) is 5.75 Å². The Morgan fingerprint density at radius 2 is 2.33 bits per heavy atom. The van der Waals surface area contributed by atoms with Crippen LogP contribution >= 0.6 is 0 Å². The summed E-state index contributed by atoms with van der Waals surface area (Å²) in [6.45, 7) is 5.23. The molecule has 0 fully saturated rings. The molecule has 1 rings (SSSR count). The molecule has 1 atom stereocenters. The maximum absolute atomic E-state index is 5.64. The zero-order valence-corrected chi connectivity index (χ0v) is 9.70. The Morgan fingerprint density at radius 3 is 2.93 bits per heavy atom. The lowest BCUT2D eigenvalue weighted by Crippen LogP contribution is -2.11. The van der Waals surface area contributed by atoms with Crippen molar-refractivity contribution in [2.75, 3.05) is 6.61 Å². The van der Waals surface area contributed by atoms with Crippen molar-refractivity contribution in [3.8, 4) is 5.75 Å². The predicted octanol–water partition coefficient (Wildman–Crippen LogP) is 3.48. The summed E-state index contributed by atoms with van der Waals surface area (Å²) in [5.41, 5.74) is 0. The average Bonchev–Trinajstić information content (AvgIpc) is 2.31. The van der Waals surface area contributed by atoms with E-state index in [0.29, 0.717) is 5.92 Å². The number of nitrogens with zero attached hydrogens (tertiary/aromatic N) is 1. The van der Waals surface area contributed by atoms with E-state index in [2.05, 4.69) is 25.0 Å². The molecule has 0 aliphatic carbocycles. The number of rotatable bonds is 7. The Labute approximate surface area is 92.7 Å². The molecule has 0 N–H and O–H groups in total. The number of ether oxygens (including phenoxy) is 1. The van der Waals surface area contributed by atoms with E-state index < -0.39 is 0 Å². The van der Waals surface area contributed by atoms with Crippen molar-refractivity contribution in [2.45, 2.75) is 39.5 Å². The van der Waals surface area contributed by atoms with Gasteiger partial charge in [0, 0.05) is 6.20 Å². The van der Waals surface area contributed by atoms with Crippen molar-refractivity contribution in [1.29, 1.82) is 0 Å². The monoisotopic (exact) mass is 206 g/mol. The van der Waals surface area contributed by atoms with Gasteiger partial charge >= 0.3 is 0 Å². The van der Waals surface area contributed by atoms with Crippen LogP contribution in [0.4, 0.5) is 0 Å². The second-order valence-corrected chi connectivity index (χ2v) is 3.84. The summed E-state index contributed by atoms with van der Waals surface area (Å²) < 4.78 is 5.64. The van der Waals surface area contributed by atoms with Crippen LogP contribution in [0.15, 0.2) is 18.3 Å². The minimum absolute atomic E-state index is 0.665. The first kappa shape index (κ1) is 12.0. The van der Waals surface area contributed by atoms with Crippen LogP contribution in [0.2, 0.25) is 0 Å². The van der Waals surface area contributed by atoms with E-state index in [4.69, 9.17) is 4.74 Å². The van der Waals surface area contributed by atoms with Crippen LogP contribution in [-0.2, 0) is 0 Å². The normalized spacial score (nSPS) is 12.4. The number of hydrogen-bond acceptors (Lipinski definition) is 2. The van der Waals surface area contributed by atoms with Crippen molar-refractivity contribution in [2.24, 2.45) is 5.92 Å². The van der Waals surface area contributed by atoms with Gasteiger partial charge in [0.05, 0.1) is 6.61 Å². The van der Waals surface area contributed by atoms with Crippen molar-refractivity contribution >= 4 is 0 Å². The lowest BCUT2D eigenvalue weighted by molar-refractivity contribution is 0.232. The minimum atomic E-state index is 0.665. The number of pyridine rings is 1. The Balaban J connectivity index is 2.28. The van der Waals surface area contributed by atoms with Gasteiger partial charge in [-0.05, 0) is 24.5 Å². The highest BCUT2D eigenvalue weighted by molar-refractivity contribution is 5.13. The highest BCUT2D eigenvalue weighted by Gasteiger charge is 2.06. The Morgan fingerprint density at radius 1 is 1.47 bits per heavy atom. The van der Waals surface area contributed by atoms with E-state index in [1.54, 1.807) is 6.20 Å². The van der Waals surface area contributed by atoms with Gasteiger partial charge in [-0.1, -0.05) is 33.1 Å². The largest absolute Gasteiger partial charge is 0.491 e. The number of aromatic nitrogens is 1. The summed E-state index contributed by atoms with van der Waals surface area (Å²) in [6.07, 6.45) is 9.53.